The molecule has 0 unspecified atom stereocenters. The van der Waals surface area contributed by atoms with Crippen molar-refractivity contribution in [2.24, 2.45) is 5.73 Å². The molecule has 3 N–H and O–H groups in total. The zero-order chi connectivity index (χ0) is 12.6. The van der Waals surface area contributed by atoms with Crippen LogP contribution in [0.2, 0.25) is 10.0 Å². The normalized spacial score (nSPS) is 10.5. The van der Waals surface area contributed by atoms with Crippen molar-refractivity contribution in [2.45, 2.75) is 6.92 Å². The maximum absolute atomic E-state index is 7.41. The van der Waals surface area contributed by atoms with Gasteiger partial charge in [-0.15, -0.1) is 0 Å². The van der Waals surface area contributed by atoms with E-state index >= 15 is 0 Å². The number of hydrogen-bond donors (Lipinski definition) is 2. The largest absolute Gasteiger partial charge is 0.384 e. The van der Waals surface area contributed by atoms with Gasteiger partial charge in [0.1, 0.15) is 5.84 Å². The highest BCUT2D eigenvalue weighted by atomic mass is 35.5. The van der Waals surface area contributed by atoms with Crippen LogP contribution in [0.1, 0.15) is 11.3 Å². The van der Waals surface area contributed by atoms with Crippen molar-refractivity contribution in [2.75, 3.05) is 0 Å². The Balaban J connectivity index is 2.57. The van der Waals surface area contributed by atoms with E-state index in [0.29, 0.717) is 15.6 Å². The lowest BCUT2D eigenvalue weighted by atomic mass is 10.2. The fraction of sp³-hybridized carbons (Fsp3) is 0.0909. The summed E-state index contributed by atoms with van der Waals surface area (Å²) in [5.74, 6) is -0.0122. The highest BCUT2D eigenvalue weighted by Gasteiger charge is 2.10. The highest BCUT2D eigenvalue weighted by molar-refractivity contribution is 6.34. The predicted octanol–water partition coefficient (Wildman–Crippen LogP) is 2.77. The SMILES string of the molecule is Cc1c(C(=N)N)cnn1-c1cc(Cl)cc(Cl)c1. The van der Waals surface area contributed by atoms with Gasteiger partial charge >= 0.3 is 0 Å². The van der Waals surface area contributed by atoms with E-state index in [1.54, 1.807) is 29.1 Å². The van der Waals surface area contributed by atoms with Crippen molar-refractivity contribution in [3.05, 3.63) is 45.7 Å². The molecule has 1 heterocycles. The lowest BCUT2D eigenvalue weighted by molar-refractivity contribution is 0.847. The van der Waals surface area contributed by atoms with E-state index in [4.69, 9.17) is 34.3 Å². The van der Waals surface area contributed by atoms with Gasteiger partial charge in [0.05, 0.1) is 23.1 Å². The molecule has 1 aromatic heterocycles. The fourth-order valence-corrected chi connectivity index (χ4v) is 2.11. The van der Waals surface area contributed by atoms with E-state index in [-0.39, 0.29) is 5.84 Å². The number of amidine groups is 1. The van der Waals surface area contributed by atoms with Crippen LogP contribution in [0.15, 0.2) is 24.4 Å². The summed E-state index contributed by atoms with van der Waals surface area (Å²) in [5.41, 5.74) is 7.56. The molecule has 0 radical (unpaired) electrons. The Morgan fingerprint density at radius 1 is 1.29 bits per heavy atom. The fourth-order valence-electron chi connectivity index (χ4n) is 1.60. The summed E-state index contributed by atoms with van der Waals surface area (Å²) < 4.78 is 1.65. The first-order chi connectivity index (χ1) is 7.99. The maximum Gasteiger partial charge on any atom is 0.126 e. The molecule has 0 aliphatic carbocycles. The Hall–Kier alpha value is -1.52. The van der Waals surface area contributed by atoms with Gasteiger partial charge in [-0.1, -0.05) is 23.2 Å². The van der Waals surface area contributed by atoms with Crippen LogP contribution in [0, 0.1) is 12.3 Å². The average molecular weight is 269 g/mol. The van der Waals surface area contributed by atoms with Crippen LogP contribution in [0.25, 0.3) is 5.69 Å². The molecule has 2 aromatic rings. The standard InChI is InChI=1S/C11H10Cl2N4/c1-6-10(11(14)15)5-16-17(6)9-3-7(12)2-8(13)4-9/h2-5H,1H3,(H3,14,15). The predicted molar refractivity (Wildman–Crippen MR) is 69.3 cm³/mol. The zero-order valence-electron chi connectivity index (χ0n) is 9.04. The van der Waals surface area contributed by atoms with Crippen molar-refractivity contribution < 1.29 is 0 Å². The Bertz CT molecular complexity index is 569. The molecule has 0 fully saturated rings. The molecular weight excluding hydrogens is 259 g/mol. The maximum atomic E-state index is 7.41. The van der Waals surface area contributed by atoms with E-state index in [1.165, 1.54) is 0 Å². The second-order valence-electron chi connectivity index (χ2n) is 3.60. The number of hydrogen-bond acceptors (Lipinski definition) is 2. The summed E-state index contributed by atoms with van der Waals surface area (Å²) in [5, 5.41) is 12.6. The number of rotatable bonds is 2. The summed E-state index contributed by atoms with van der Waals surface area (Å²) in [6.07, 6.45) is 1.55. The van der Waals surface area contributed by atoms with Gasteiger partial charge in [0, 0.05) is 10.0 Å². The van der Waals surface area contributed by atoms with Gasteiger partial charge in [-0.3, -0.25) is 5.41 Å². The van der Waals surface area contributed by atoms with E-state index in [1.807, 2.05) is 6.92 Å². The van der Waals surface area contributed by atoms with Crippen LogP contribution in [0.3, 0.4) is 0 Å². The zero-order valence-corrected chi connectivity index (χ0v) is 10.5. The number of nitrogens with two attached hydrogens (primary N) is 1. The summed E-state index contributed by atoms with van der Waals surface area (Å²) in [7, 11) is 0. The van der Waals surface area contributed by atoms with Crippen molar-refractivity contribution in [1.82, 2.24) is 9.78 Å². The molecule has 4 nitrogen and oxygen atoms in total. The Kier molecular flexibility index (Phi) is 3.09. The van der Waals surface area contributed by atoms with E-state index in [9.17, 15) is 0 Å². The molecular formula is C11H10Cl2N4. The Morgan fingerprint density at radius 3 is 2.35 bits per heavy atom. The average Bonchev–Trinajstić information content (AvgIpc) is 2.58. The number of nitrogens with one attached hydrogen (secondary N) is 1. The summed E-state index contributed by atoms with van der Waals surface area (Å²) in [6, 6.07) is 5.14. The topological polar surface area (TPSA) is 67.7 Å². The second kappa shape index (κ2) is 4.39. The van der Waals surface area contributed by atoms with Crippen molar-refractivity contribution in [1.29, 1.82) is 5.41 Å². The minimum Gasteiger partial charge on any atom is -0.384 e. The van der Waals surface area contributed by atoms with Crippen LogP contribution in [0.5, 0.6) is 0 Å². The van der Waals surface area contributed by atoms with E-state index < -0.39 is 0 Å². The van der Waals surface area contributed by atoms with Crippen LogP contribution in [-0.2, 0) is 0 Å². The van der Waals surface area contributed by atoms with Gasteiger partial charge in [0.2, 0.25) is 0 Å². The number of nitrogens with zero attached hydrogens (tertiary/aromatic N) is 2. The molecule has 0 aliphatic heterocycles. The van der Waals surface area contributed by atoms with Gasteiger partial charge in [-0.05, 0) is 25.1 Å². The van der Waals surface area contributed by atoms with Crippen LogP contribution < -0.4 is 5.73 Å². The number of nitrogen functional groups attached to an aromatic ring is 1. The summed E-state index contributed by atoms with van der Waals surface area (Å²) in [4.78, 5) is 0. The van der Waals surface area contributed by atoms with Crippen LogP contribution in [-0.4, -0.2) is 15.6 Å². The lowest BCUT2D eigenvalue weighted by Gasteiger charge is -2.06. The number of benzene rings is 1. The molecule has 0 atom stereocenters. The first-order valence-corrected chi connectivity index (χ1v) is 5.60. The van der Waals surface area contributed by atoms with Crippen molar-refractivity contribution in [3.8, 4) is 5.69 Å². The van der Waals surface area contributed by atoms with Crippen LogP contribution >= 0.6 is 23.2 Å². The van der Waals surface area contributed by atoms with E-state index in [2.05, 4.69) is 5.10 Å². The van der Waals surface area contributed by atoms with Crippen LogP contribution in [0.4, 0.5) is 0 Å². The molecule has 0 bridgehead atoms. The minimum atomic E-state index is -0.0122. The molecule has 0 spiro atoms. The van der Waals surface area contributed by atoms with Gasteiger partial charge in [-0.2, -0.15) is 5.10 Å². The molecule has 88 valence electrons. The smallest absolute Gasteiger partial charge is 0.126 e. The Morgan fingerprint density at radius 2 is 1.88 bits per heavy atom. The minimum absolute atomic E-state index is 0.0122. The Labute approximate surface area is 108 Å². The molecule has 0 amide bonds. The second-order valence-corrected chi connectivity index (χ2v) is 4.47. The van der Waals surface area contributed by atoms with Gasteiger partial charge in [0.15, 0.2) is 0 Å². The third kappa shape index (κ3) is 2.28. The molecule has 0 saturated heterocycles. The van der Waals surface area contributed by atoms with E-state index in [0.717, 1.165) is 11.4 Å². The van der Waals surface area contributed by atoms with Gasteiger partial charge in [0.25, 0.3) is 0 Å². The van der Waals surface area contributed by atoms with Crippen molar-refractivity contribution >= 4 is 29.0 Å². The third-order valence-corrected chi connectivity index (χ3v) is 2.83. The third-order valence-electron chi connectivity index (χ3n) is 2.39. The summed E-state index contributed by atoms with van der Waals surface area (Å²) in [6.45, 7) is 1.83. The molecule has 0 saturated carbocycles. The quantitative estimate of drug-likeness (QED) is 0.650. The van der Waals surface area contributed by atoms with Gasteiger partial charge < -0.3 is 5.73 Å². The first-order valence-electron chi connectivity index (χ1n) is 4.84. The van der Waals surface area contributed by atoms with Crippen molar-refractivity contribution in [3.63, 3.8) is 0 Å². The number of halogens is 2. The molecule has 1 aromatic carbocycles. The monoisotopic (exact) mass is 268 g/mol. The molecule has 2 rings (SSSR count). The molecule has 17 heavy (non-hydrogen) atoms. The molecule has 6 heteroatoms. The number of aromatic nitrogens is 2. The first kappa shape index (κ1) is 12.0. The summed E-state index contributed by atoms with van der Waals surface area (Å²) >= 11 is 11.9. The lowest BCUT2D eigenvalue weighted by Crippen LogP contribution is -2.12. The highest BCUT2D eigenvalue weighted by Crippen LogP contribution is 2.23. The molecule has 0 aliphatic rings. The van der Waals surface area contributed by atoms with Gasteiger partial charge in [-0.25, -0.2) is 4.68 Å².